The van der Waals surface area contributed by atoms with Gasteiger partial charge in [-0.15, -0.1) is 0 Å². The first-order chi connectivity index (χ1) is 18.9. The summed E-state index contributed by atoms with van der Waals surface area (Å²) in [5, 5.41) is 47.5. The quantitative estimate of drug-likeness (QED) is 0.230. The van der Waals surface area contributed by atoms with E-state index in [1.807, 2.05) is 30.6 Å². The van der Waals surface area contributed by atoms with Crippen molar-refractivity contribution in [3.05, 3.63) is 53.9 Å². The lowest BCUT2D eigenvalue weighted by Gasteiger charge is -2.49. The number of nitrogens with one attached hydrogen (secondary N) is 1. The highest BCUT2D eigenvalue weighted by Crippen LogP contribution is 2.34. The van der Waals surface area contributed by atoms with Crippen LogP contribution in [0.2, 0.25) is 0 Å². The Bertz CT molecular complexity index is 1170. The molecule has 1 aromatic heterocycles. The molecule has 12 nitrogen and oxygen atoms in total. The van der Waals surface area contributed by atoms with E-state index in [-0.39, 0.29) is 16.8 Å². The molecule has 1 saturated heterocycles. The summed E-state index contributed by atoms with van der Waals surface area (Å²) in [6, 6.07) is 10.2. The van der Waals surface area contributed by atoms with E-state index in [0.29, 0.717) is 11.8 Å². The lowest BCUT2D eigenvalue weighted by Crippen LogP contribution is -2.62. The molecule has 1 aliphatic heterocycles. The molecule has 1 fully saturated rings. The van der Waals surface area contributed by atoms with E-state index >= 15 is 0 Å². The number of aliphatic hydroxyl groups is 1. The summed E-state index contributed by atoms with van der Waals surface area (Å²) in [7, 11) is 1.59. The van der Waals surface area contributed by atoms with Crippen molar-refractivity contribution in [2.24, 2.45) is 0 Å². The third kappa shape index (κ3) is 10.6. The van der Waals surface area contributed by atoms with Gasteiger partial charge in [-0.05, 0) is 69.9 Å². The fourth-order valence-electron chi connectivity index (χ4n) is 5.34. The molecule has 41 heavy (non-hydrogen) atoms. The predicted octanol–water partition coefficient (Wildman–Crippen LogP) is 2.86. The molecule has 2 heterocycles. The number of ether oxygens (including phenoxy) is 1. The van der Waals surface area contributed by atoms with Gasteiger partial charge in [-0.1, -0.05) is 12.1 Å². The van der Waals surface area contributed by atoms with Crippen LogP contribution in [0.1, 0.15) is 64.5 Å². The molecule has 1 aromatic carbocycles. The van der Waals surface area contributed by atoms with Crippen molar-refractivity contribution in [1.82, 2.24) is 15.2 Å². The van der Waals surface area contributed by atoms with E-state index in [1.54, 1.807) is 13.2 Å². The summed E-state index contributed by atoms with van der Waals surface area (Å²) in [4.78, 5) is 37.3. The number of aromatic hydroxyl groups is 1. The van der Waals surface area contributed by atoms with Crippen LogP contribution in [0, 0.1) is 0 Å². The number of carbonyl (C=O) groups is 3. The van der Waals surface area contributed by atoms with Gasteiger partial charge in [0, 0.05) is 42.6 Å². The Morgan fingerprint density at radius 3 is 2.02 bits per heavy atom. The molecule has 0 bridgehead atoms. The molecule has 0 radical (unpaired) electrons. The van der Waals surface area contributed by atoms with E-state index in [4.69, 9.17) is 25.2 Å². The van der Waals surface area contributed by atoms with E-state index in [1.165, 1.54) is 5.56 Å². The number of rotatable bonds is 11. The van der Waals surface area contributed by atoms with Gasteiger partial charge in [-0.2, -0.15) is 0 Å². The number of aromatic nitrogens is 1. The highest BCUT2D eigenvalue weighted by atomic mass is 16.5. The maximum atomic E-state index is 10.3. The molecule has 1 aliphatic rings. The molecule has 2 aromatic rings. The molecule has 3 rings (SSSR count). The monoisotopic (exact) mass is 575 g/mol. The van der Waals surface area contributed by atoms with Gasteiger partial charge in [0.05, 0.1) is 20.0 Å². The van der Waals surface area contributed by atoms with Gasteiger partial charge < -0.3 is 35.6 Å². The molecular formula is C29H41N3O9. The number of phenolic OH excluding ortho intramolecular Hbond substituents is 1. The van der Waals surface area contributed by atoms with Gasteiger partial charge in [0.1, 0.15) is 0 Å². The molecule has 0 aliphatic carbocycles. The largest absolute Gasteiger partial charge is 0.504 e. The number of carboxylic acids is 3. The zero-order chi connectivity index (χ0) is 31.0. The topological polar surface area (TPSA) is 190 Å². The Morgan fingerprint density at radius 2 is 1.56 bits per heavy atom. The average molecular weight is 576 g/mol. The minimum atomic E-state index is -2.74. The minimum Gasteiger partial charge on any atom is -0.504 e. The van der Waals surface area contributed by atoms with Gasteiger partial charge in [-0.25, -0.2) is 4.79 Å². The Morgan fingerprint density at radius 1 is 1.00 bits per heavy atom. The highest BCUT2D eigenvalue weighted by molar-refractivity contribution is 5.88. The van der Waals surface area contributed by atoms with Crippen LogP contribution in [0.25, 0.3) is 0 Å². The van der Waals surface area contributed by atoms with Crippen molar-refractivity contribution < 1.29 is 44.7 Å². The summed E-state index contributed by atoms with van der Waals surface area (Å²) >= 11 is 0. The second kappa shape index (κ2) is 13.7. The third-order valence-electron chi connectivity index (χ3n) is 6.71. The van der Waals surface area contributed by atoms with E-state index in [9.17, 15) is 19.5 Å². The van der Waals surface area contributed by atoms with Crippen LogP contribution in [-0.2, 0) is 27.5 Å². The van der Waals surface area contributed by atoms with E-state index in [0.717, 1.165) is 31.5 Å². The van der Waals surface area contributed by atoms with Crippen molar-refractivity contribution in [3.63, 3.8) is 0 Å². The second-order valence-electron chi connectivity index (χ2n) is 11.7. The molecule has 0 unspecified atom stereocenters. The van der Waals surface area contributed by atoms with Crippen molar-refractivity contribution in [3.8, 4) is 11.5 Å². The zero-order valence-corrected chi connectivity index (χ0v) is 24.1. The van der Waals surface area contributed by atoms with Crippen LogP contribution < -0.4 is 10.1 Å². The number of methoxy groups -OCH3 is 1. The SMILES string of the molecule is COc1cc(CN(Cc2cccnc2)C2CC(C)(C)NC(C)(C)C2)ccc1O.O=C(O)CC(O)(CC(=O)O)C(=O)O. The molecule has 0 amide bonds. The number of nitrogens with zero attached hydrogens (tertiary/aromatic N) is 2. The van der Waals surface area contributed by atoms with Crippen LogP contribution in [0.3, 0.4) is 0 Å². The van der Waals surface area contributed by atoms with Gasteiger partial charge >= 0.3 is 17.9 Å². The minimum absolute atomic E-state index is 0.0756. The molecule has 0 saturated carbocycles. The van der Waals surface area contributed by atoms with Crippen molar-refractivity contribution in [2.45, 2.75) is 89.2 Å². The van der Waals surface area contributed by atoms with Gasteiger partial charge in [0.25, 0.3) is 0 Å². The molecule has 0 spiro atoms. The van der Waals surface area contributed by atoms with Crippen LogP contribution >= 0.6 is 0 Å². The van der Waals surface area contributed by atoms with Crippen LogP contribution in [-0.4, -0.2) is 83.2 Å². The first-order valence-corrected chi connectivity index (χ1v) is 13.1. The number of aliphatic carboxylic acids is 3. The maximum Gasteiger partial charge on any atom is 0.336 e. The Hall–Kier alpha value is -3.74. The molecule has 226 valence electrons. The molecular weight excluding hydrogens is 534 g/mol. The first kappa shape index (κ1) is 33.5. The number of hydrogen-bond acceptors (Lipinski definition) is 9. The summed E-state index contributed by atoms with van der Waals surface area (Å²) < 4.78 is 5.31. The van der Waals surface area contributed by atoms with Crippen LogP contribution in [0.4, 0.5) is 0 Å². The lowest BCUT2D eigenvalue weighted by atomic mass is 9.79. The van der Waals surface area contributed by atoms with E-state index < -0.39 is 36.4 Å². The van der Waals surface area contributed by atoms with Crippen LogP contribution in [0.5, 0.6) is 11.5 Å². The third-order valence-corrected chi connectivity index (χ3v) is 6.71. The van der Waals surface area contributed by atoms with Crippen LogP contribution in [0.15, 0.2) is 42.7 Å². The van der Waals surface area contributed by atoms with Crippen molar-refractivity contribution in [2.75, 3.05) is 7.11 Å². The predicted molar refractivity (Wildman–Crippen MR) is 150 cm³/mol. The Labute approximate surface area is 239 Å². The molecule has 0 atom stereocenters. The molecule has 6 N–H and O–H groups in total. The average Bonchev–Trinajstić information content (AvgIpc) is 2.83. The number of hydrogen-bond donors (Lipinski definition) is 6. The number of piperidine rings is 1. The van der Waals surface area contributed by atoms with E-state index in [2.05, 4.69) is 49.0 Å². The Balaban J connectivity index is 0.000000383. The summed E-state index contributed by atoms with van der Waals surface area (Å²) in [6.45, 7) is 10.8. The molecule has 12 heteroatoms. The maximum absolute atomic E-state index is 10.3. The standard InChI is InChI=1S/C23H33N3O2.C6H8O7/c1-22(2)12-19(13-23(3,4)25-22)26(16-18-7-6-10-24-14-18)15-17-8-9-20(27)21(11-17)28-5;7-3(8)1-6(13,5(11)12)2-4(9)10/h6-11,14,19,25,27H,12-13,15-16H2,1-5H3;13H,1-2H2,(H,7,8)(H,9,10)(H,11,12). The fraction of sp³-hybridized carbons (Fsp3) is 0.517. The number of benzene rings is 1. The van der Waals surface area contributed by atoms with Gasteiger partial charge in [-0.3, -0.25) is 19.5 Å². The number of carboxylic acid groups (broad SMARTS) is 3. The van der Waals surface area contributed by atoms with Crippen molar-refractivity contribution in [1.29, 1.82) is 0 Å². The fourth-order valence-corrected chi connectivity index (χ4v) is 5.34. The Kier molecular flexibility index (Phi) is 11.2. The summed E-state index contributed by atoms with van der Waals surface area (Å²) in [5.74, 6) is -4.33. The summed E-state index contributed by atoms with van der Waals surface area (Å²) in [5.41, 5.74) is -0.244. The lowest BCUT2D eigenvalue weighted by molar-refractivity contribution is -0.170. The van der Waals surface area contributed by atoms with Gasteiger partial charge in [0.2, 0.25) is 0 Å². The smallest absolute Gasteiger partial charge is 0.336 e. The normalized spacial score (nSPS) is 16.4. The van der Waals surface area contributed by atoms with Gasteiger partial charge in [0.15, 0.2) is 17.1 Å². The zero-order valence-electron chi connectivity index (χ0n) is 24.1. The van der Waals surface area contributed by atoms with Crippen molar-refractivity contribution >= 4 is 17.9 Å². The number of pyridine rings is 1. The first-order valence-electron chi connectivity index (χ1n) is 13.1. The summed E-state index contributed by atoms with van der Waals surface area (Å²) in [6.07, 6.45) is 3.62. The second-order valence-corrected chi connectivity index (χ2v) is 11.7. The number of phenols is 1. The highest BCUT2D eigenvalue weighted by Gasteiger charge is 2.41.